The van der Waals surface area contributed by atoms with Gasteiger partial charge in [0.2, 0.25) is 5.76 Å². The maximum Gasteiger partial charge on any atom is 0.292 e. The quantitative estimate of drug-likeness (QED) is 0.835. The van der Waals surface area contributed by atoms with Crippen LogP contribution in [-0.2, 0) is 16.1 Å². The third kappa shape index (κ3) is 3.50. The minimum atomic E-state index is -0.293. The summed E-state index contributed by atoms with van der Waals surface area (Å²) in [6.45, 7) is 6.16. The molecule has 4 rings (SSSR count). The van der Waals surface area contributed by atoms with Crippen molar-refractivity contribution in [1.82, 2.24) is 15.0 Å². The fourth-order valence-electron chi connectivity index (χ4n) is 3.67. The molecule has 0 saturated carbocycles. The summed E-state index contributed by atoms with van der Waals surface area (Å²) in [5.74, 6) is 0.154. The Morgan fingerprint density at radius 1 is 1.35 bits per heavy atom. The summed E-state index contributed by atoms with van der Waals surface area (Å²) >= 11 is 0. The van der Waals surface area contributed by atoms with Crippen molar-refractivity contribution in [3.63, 3.8) is 0 Å². The van der Waals surface area contributed by atoms with Crippen molar-refractivity contribution in [2.45, 2.75) is 45.0 Å². The van der Waals surface area contributed by atoms with Gasteiger partial charge < -0.3 is 18.9 Å². The molecule has 0 aliphatic carbocycles. The lowest BCUT2D eigenvalue weighted by atomic mass is 9.84. The van der Waals surface area contributed by atoms with Crippen molar-refractivity contribution >= 4 is 5.91 Å². The van der Waals surface area contributed by atoms with Crippen LogP contribution >= 0.6 is 0 Å². The van der Waals surface area contributed by atoms with E-state index in [1.165, 1.54) is 0 Å². The van der Waals surface area contributed by atoms with E-state index in [0.717, 1.165) is 24.0 Å². The van der Waals surface area contributed by atoms with Crippen LogP contribution in [0.5, 0.6) is 0 Å². The van der Waals surface area contributed by atoms with Crippen molar-refractivity contribution in [3.8, 4) is 0 Å². The molecular weight excluding hydrogens is 334 g/mol. The SMILES string of the molecule is Cc1cncc(CO[C@H]2CCOC3(C2)CN(C(=O)c2cc(C)no2)C3)c1. The summed E-state index contributed by atoms with van der Waals surface area (Å²) in [5, 5.41) is 3.77. The van der Waals surface area contributed by atoms with Gasteiger partial charge in [0.05, 0.1) is 31.5 Å². The number of ether oxygens (including phenoxy) is 2. The molecule has 2 aromatic rings. The molecule has 2 fully saturated rings. The number of pyridine rings is 1. The highest BCUT2D eigenvalue weighted by Gasteiger charge is 2.50. The molecule has 1 atom stereocenters. The second kappa shape index (κ2) is 6.81. The maximum absolute atomic E-state index is 12.4. The van der Waals surface area contributed by atoms with Gasteiger partial charge in [0, 0.05) is 31.5 Å². The first kappa shape index (κ1) is 17.2. The van der Waals surface area contributed by atoms with E-state index in [1.807, 2.05) is 19.3 Å². The van der Waals surface area contributed by atoms with Crippen molar-refractivity contribution in [2.24, 2.45) is 0 Å². The van der Waals surface area contributed by atoms with Crippen LogP contribution in [0.3, 0.4) is 0 Å². The number of rotatable bonds is 4. The van der Waals surface area contributed by atoms with Crippen LogP contribution in [-0.4, -0.2) is 52.3 Å². The molecule has 2 saturated heterocycles. The van der Waals surface area contributed by atoms with E-state index in [2.05, 4.69) is 16.2 Å². The molecule has 0 aromatic carbocycles. The monoisotopic (exact) mass is 357 g/mol. The Morgan fingerprint density at radius 3 is 2.92 bits per heavy atom. The molecule has 2 aliphatic rings. The molecule has 138 valence electrons. The van der Waals surface area contributed by atoms with E-state index in [4.69, 9.17) is 14.0 Å². The lowest BCUT2D eigenvalue weighted by Crippen LogP contribution is -2.67. The Hall–Kier alpha value is -2.25. The largest absolute Gasteiger partial charge is 0.373 e. The average molecular weight is 357 g/mol. The molecule has 0 radical (unpaired) electrons. The Kier molecular flexibility index (Phi) is 4.50. The first-order chi connectivity index (χ1) is 12.5. The summed E-state index contributed by atoms with van der Waals surface area (Å²) in [7, 11) is 0. The fourth-order valence-corrected chi connectivity index (χ4v) is 3.67. The summed E-state index contributed by atoms with van der Waals surface area (Å²) in [5.41, 5.74) is 2.62. The molecule has 7 heteroatoms. The van der Waals surface area contributed by atoms with Crippen LogP contribution in [0.2, 0.25) is 0 Å². The van der Waals surface area contributed by atoms with Gasteiger partial charge in [-0.25, -0.2) is 0 Å². The first-order valence-corrected chi connectivity index (χ1v) is 8.92. The number of hydrogen-bond acceptors (Lipinski definition) is 6. The number of aromatic nitrogens is 2. The van der Waals surface area contributed by atoms with Crippen LogP contribution in [0, 0.1) is 13.8 Å². The van der Waals surface area contributed by atoms with Crippen molar-refractivity contribution in [3.05, 3.63) is 47.1 Å². The Balaban J connectivity index is 1.31. The summed E-state index contributed by atoms with van der Waals surface area (Å²) < 4.78 is 17.1. The van der Waals surface area contributed by atoms with E-state index in [9.17, 15) is 4.79 Å². The van der Waals surface area contributed by atoms with Crippen LogP contribution in [0.15, 0.2) is 29.0 Å². The molecule has 26 heavy (non-hydrogen) atoms. The average Bonchev–Trinajstić information content (AvgIpc) is 3.04. The van der Waals surface area contributed by atoms with E-state index >= 15 is 0 Å². The number of nitrogens with zero attached hydrogens (tertiary/aromatic N) is 3. The number of likely N-dealkylation sites (tertiary alicyclic amines) is 1. The van der Waals surface area contributed by atoms with Gasteiger partial charge in [-0.05, 0) is 31.4 Å². The molecular formula is C19H23N3O4. The molecule has 0 bridgehead atoms. The third-order valence-electron chi connectivity index (χ3n) is 4.95. The Labute approximate surface area is 152 Å². The fraction of sp³-hybridized carbons (Fsp3) is 0.526. The Morgan fingerprint density at radius 2 is 2.19 bits per heavy atom. The van der Waals surface area contributed by atoms with Gasteiger partial charge in [-0.15, -0.1) is 0 Å². The van der Waals surface area contributed by atoms with Gasteiger partial charge >= 0.3 is 0 Å². The van der Waals surface area contributed by atoms with Crippen LogP contribution in [0.25, 0.3) is 0 Å². The summed E-state index contributed by atoms with van der Waals surface area (Å²) in [6.07, 6.45) is 5.48. The topological polar surface area (TPSA) is 77.7 Å². The van der Waals surface area contributed by atoms with E-state index < -0.39 is 0 Å². The third-order valence-corrected chi connectivity index (χ3v) is 4.95. The van der Waals surface area contributed by atoms with E-state index in [0.29, 0.717) is 32.0 Å². The molecule has 4 heterocycles. The predicted octanol–water partition coefficient (Wildman–Crippen LogP) is 2.28. The first-order valence-electron chi connectivity index (χ1n) is 8.92. The van der Waals surface area contributed by atoms with Crippen LogP contribution < -0.4 is 0 Å². The maximum atomic E-state index is 12.4. The lowest BCUT2D eigenvalue weighted by Gasteiger charge is -2.52. The summed E-state index contributed by atoms with van der Waals surface area (Å²) in [6, 6.07) is 3.75. The molecule has 0 N–H and O–H groups in total. The van der Waals surface area contributed by atoms with Crippen LogP contribution in [0.1, 0.15) is 40.2 Å². The second-order valence-electron chi connectivity index (χ2n) is 7.32. The zero-order chi connectivity index (χ0) is 18.1. The molecule has 0 unspecified atom stereocenters. The van der Waals surface area contributed by atoms with Gasteiger partial charge in [-0.1, -0.05) is 11.2 Å². The number of carbonyl (C=O) groups excluding carboxylic acids is 1. The normalized spacial score (nSPS) is 21.6. The predicted molar refractivity (Wildman–Crippen MR) is 92.6 cm³/mol. The molecule has 7 nitrogen and oxygen atoms in total. The zero-order valence-electron chi connectivity index (χ0n) is 15.1. The number of amides is 1. The number of hydrogen-bond donors (Lipinski definition) is 0. The van der Waals surface area contributed by atoms with Gasteiger partial charge in [0.25, 0.3) is 5.91 Å². The highest BCUT2D eigenvalue weighted by Crippen LogP contribution is 2.36. The van der Waals surface area contributed by atoms with Crippen molar-refractivity contribution in [2.75, 3.05) is 19.7 Å². The van der Waals surface area contributed by atoms with E-state index in [-0.39, 0.29) is 23.4 Å². The molecule has 1 spiro atoms. The minimum absolute atomic E-state index is 0.131. The van der Waals surface area contributed by atoms with Gasteiger partial charge in [0.15, 0.2) is 0 Å². The highest BCUT2D eigenvalue weighted by molar-refractivity contribution is 5.92. The summed E-state index contributed by atoms with van der Waals surface area (Å²) in [4.78, 5) is 18.3. The van der Waals surface area contributed by atoms with Crippen molar-refractivity contribution in [1.29, 1.82) is 0 Å². The smallest absolute Gasteiger partial charge is 0.292 e. The molecule has 1 amide bonds. The second-order valence-corrected chi connectivity index (χ2v) is 7.32. The van der Waals surface area contributed by atoms with E-state index in [1.54, 1.807) is 17.9 Å². The lowest BCUT2D eigenvalue weighted by molar-refractivity contribution is -0.188. The van der Waals surface area contributed by atoms with Gasteiger partial charge in [0.1, 0.15) is 5.60 Å². The Bertz CT molecular complexity index is 798. The van der Waals surface area contributed by atoms with Crippen molar-refractivity contribution < 1.29 is 18.8 Å². The molecule has 2 aromatic heterocycles. The van der Waals surface area contributed by atoms with Gasteiger partial charge in [-0.2, -0.15) is 0 Å². The van der Waals surface area contributed by atoms with Crippen LogP contribution in [0.4, 0.5) is 0 Å². The highest BCUT2D eigenvalue weighted by atomic mass is 16.5. The number of aryl methyl sites for hydroxylation is 2. The minimum Gasteiger partial charge on any atom is -0.373 e. The standard InChI is InChI=1S/C19H23N3O4/c1-13-5-15(9-20-8-13)10-24-16-3-4-25-19(7-16)11-22(12-19)18(23)17-6-14(2)21-26-17/h5-6,8-9,16H,3-4,7,10-12H2,1-2H3/t16-/m0/s1. The zero-order valence-corrected chi connectivity index (χ0v) is 15.1. The van der Waals surface area contributed by atoms with Gasteiger partial charge in [-0.3, -0.25) is 9.78 Å². The molecule has 2 aliphatic heterocycles. The number of carbonyl (C=O) groups is 1.